The molecule has 0 bridgehead atoms. The third-order valence-corrected chi connectivity index (χ3v) is 3.76. The molecule has 0 saturated heterocycles. The van der Waals surface area contributed by atoms with Crippen molar-refractivity contribution < 1.29 is 4.79 Å². The lowest BCUT2D eigenvalue weighted by Gasteiger charge is -2.23. The molecule has 1 heterocycles. The van der Waals surface area contributed by atoms with E-state index in [1.54, 1.807) is 6.20 Å². The first-order chi connectivity index (χ1) is 8.75. The molecule has 100 valence electrons. The lowest BCUT2D eigenvalue weighted by Crippen LogP contribution is -2.26. The van der Waals surface area contributed by atoms with Gasteiger partial charge in [0.2, 0.25) is 0 Å². The minimum Gasteiger partial charge on any atom is -0.334 e. The third kappa shape index (κ3) is 2.56. The fourth-order valence-corrected chi connectivity index (χ4v) is 2.67. The van der Waals surface area contributed by atoms with Gasteiger partial charge in [0.15, 0.2) is 5.78 Å². The van der Waals surface area contributed by atoms with Gasteiger partial charge in [-0.3, -0.25) is 4.79 Å². The lowest BCUT2D eigenvalue weighted by molar-refractivity contribution is 0.0887. The first kappa shape index (κ1) is 13.8. The topological polar surface area (TPSA) is 34.9 Å². The molecule has 1 aliphatic rings. The van der Waals surface area contributed by atoms with Gasteiger partial charge in [0.1, 0.15) is 5.82 Å². The van der Waals surface area contributed by atoms with Crippen LogP contribution in [0.4, 0.5) is 0 Å². The van der Waals surface area contributed by atoms with Crippen molar-refractivity contribution in [1.82, 2.24) is 9.55 Å². The van der Waals surface area contributed by atoms with Gasteiger partial charge in [-0.05, 0) is 25.3 Å². The fraction of sp³-hybridized carbons (Fsp3) is 0.333. The number of Topliss-reactive ketones (excluding diaryl/α,β-unsaturated/α-hetero) is 1. The molecule has 0 amide bonds. The summed E-state index contributed by atoms with van der Waals surface area (Å²) in [6, 6.07) is 7.96. The van der Waals surface area contributed by atoms with Crippen molar-refractivity contribution in [3.63, 3.8) is 0 Å². The van der Waals surface area contributed by atoms with Gasteiger partial charge in [-0.2, -0.15) is 0 Å². The number of aromatic nitrogens is 2. The molecule has 0 N–H and O–H groups in total. The predicted octanol–water partition coefficient (Wildman–Crippen LogP) is 3.06. The maximum atomic E-state index is 12.4. The number of hydrogen-bond donors (Lipinski definition) is 0. The van der Waals surface area contributed by atoms with Crippen LogP contribution >= 0.6 is 12.4 Å². The van der Waals surface area contributed by atoms with E-state index in [0.29, 0.717) is 0 Å². The number of benzene rings is 1. The highest BCUT2D eigenvalue weighted by Crippen LogP contribution is 2.26. The lowest BCUT2D eigenvalue weighted by atomic mass is 9.82. The van der Waals surface area contributed by atoms with Gasteiger partial charge < -0.3 is 4.57 Å². The van der Waals surface area contributed by atoms with E-state index in [0.717, 1.165) is 30.8 Å². The Labute approximate surface area is 119 Å². The van der Waals surface area contributed by atoms with Crippen molar-refractivity contribution in [2.75, 3.05) is 0 Å². The molecule has 3 nitrogen and oxygen atoms in total. The molecule has 4 heteroatoms. The van der Waals surface area contributed by atoms with E-state index in [-0.39, 0.29) is 24.1 Å². The summed E-state index contributed by atoms with van der Waals surface area (Å²) >= 11 is 0. The first-order valence-electron chi connectivity index (χ1n) is 6.35. The molecule has 1 aromatic heterocycles. The average Bonchev–Trinajstić information content (AvgIpc) is 2.79. The van der Waals surface area contributed by atoms with Crippen molar-refractivity contribution in [2.24, 2.45) is 5.92 Å². The highest BCUT2D eigenvalue weighted by molar-refractivity contribution is 6.00. The number of halogens is 1. The number of fused-ring (bicyclic) bond motifs is 1. The highest BCUT2D eigenvalue weighted by Gasteiger charge is 2.27. The van der Waals surface area contributed by atoms with Crippen molar-refractivity contribution in [2.45, 2.75) is 26.3 Å². The average molecular weight is 277 g/mol. The van der Waals surface area contributed by atoms with Gasteiger partial charge >= 0.3 is 0 Å². The quantitative estimate of drug-likeness (QED) is 0.845. The van der Waals surface area contributed by atoms with Crippen molar-refractivity contribution in [3.05, 3.63) is 53.6 Å². The van der Waals surface area contributed by atoms with Gasteiger partial charge in [-0.25, -0.2) is 4.98 Å². The van der Waals surface area contributed by atoms with E-state index >= 15 is 0 Å². The summed E-state index contributed by atoms with van der Waals surface area (Å²) in [4.78, 5) is 16.6. The number of carbonyl (C=O) groups excluding carboxylic acids is 1. The number of carbonyl (C=O) groups is 1. The van der Waals surface area contributed by atoms with Crippen molar-refractivity contribution in [3.8, 4) is 0 Å². The Morgan fingerprint density at radius 2 is 2.16 bits per heavy atom. The van der Waals surface area contributed by atoms with E-state index in [1.165, 1.54) is 5.56 Å². The summed E-state index contributed by atoms with van der Waals surface area (Å²) in [6.45, 7) is 2.72. The Bertz CT molecular complexity index is 591. The van der Waals surface area contributed by atoms with E-state index in [9.17, 15) is 4.79 Å². The third-order valence-electron chi connectivity index (χ3n) is 3.76. The molecule has 0 spiro atoms. The standard InChI is InChI=1S/C15H16N2O.ClH/c1-11-16-8-9-17(11)10-13-7-6-12-4-2-3-5-14(12)15(13)18;/h2-5,8-9,13H,6-7,10H2,1H3;1H. The van der Waals surface area contributed by atoms with Crippen LogP contribution in [0.25, 0.3) is 0 Å². The second-order valence-corrected chi connectivity index (χ2v) is 4.88. The molecule has 2 aromatic rings. The van der Waals surface area contributed by atoms with Gasteiger partial charge in [0.25, 0.3) is 0 Å². The van der Waals surface area contributed by atoms with Crippen molar-refractivity contribution in [1.29, 1.82) is 0 Å². The summed E-state index contributed by atoms with van der Waals surface area (Å²) in [6.07, 6.45) is 5.67. The molecule has 1 atom stereocenters. The monoisotopic (exact) mass is 276 g/mol. The maximum absolute atomic E-state index is 12.4. The van der Waals surface area contributed by atoms with E-state index < -0.39 is 0 Å². The van der Waals surface area contributed by atoms with Crippen LogP contribution in [0.2, 0.25) is 0 Å². The molecule has 3 rings (SSSR count). The molecule has 1 unspecified atom stereocenters. The minimum atomic E-state index is 0. The summed E-state index contributed by atoms with van der Waals surface area (Å²) in [5.41, 5.74) is 2.10. The zero-order chi connectivity index (χ0) is 12.5. The molecule has 19 heavy (non-hydrogen) atoms. The van der Waals surface area contributed by atoms with E-state index in [1.807, 2.05) is 31.3 Å². The van der Waals surface area contributed by atoms with E-state index in [4.69, 9.17) is 0 Å². The smallest absolute Gasteiger partial charge is 0.168 e. The number of rotatable bonds is 2. The summed E-state index contributed by atoms with van der Waals surface area (Å²) < 4.78 is 2.07. The highest BCUT2D eigenvalue weighted by atomic mass is 35.5. The second-order valence-electron chi connectivity index (χ2n) is 4.88. The normalized spacial score (nSPS) is 17.7. The Morgan fingerprint density at radius 1 is 1.37 bits per heavy atom. The Kier molecular flexibility index (Phi) is 4.05. The molecule has 0 fully saturated rings. The number of aryl methyl sites for hydroxylation is 2. The fourth-order valence-electron chi connectivity index (χ4n) is 2.67. The number of nitrogens with zero attached hydrogens (tertiary/aromatic N) is 2. The Balaban J connectivity index is 0.00000133. The predicted molar refractivity (Wildman–Crippen MR) is 76.8 cm³/mol. The molecule has 1 aliphatic carbocycles. The SMILES string of the molecule is Cc1nccn1CC1CCc2ccccc2C1=O.Cl. The number of ketones is 1. The van der Waals surface area contributed by atoms with Crippen molar-refractivity contribution >= 4 is 18.2 Å². The molecular weight excluding hydrogens is 260 g/mol. The van der Waals surface area contributed by atoms with Crippen LogP contribution in [0.1, 0.15) is 28.2 Å². The second kappa shape index (κ2) is 5.57. The largest absolute Gasteiger partial charge is 0.334 e. The van der Waals surface area contributed by atoms with Crippen LogP contribution in [0.5, 0.6) is 0 Å². The maximum Gasteiger partial charge on any atom is 0.168 e. The molecule has 0 aliphatic heterocycles. The molecule has 1 aromatic carbocycles. The van der Waals surface area contributed by atoms with Crippen LogP contribution in [-0.2, 0) is 13.0 Å². The summed E-state index contributed by atoms with van der Waals surface area (Å²) in [5.74, 6) is 1.35. The summed E-state index contributed by atoms with van der Waals surface area (Å²) in [5, 5.41) is 0. The van der Waals surface area contributed by atoms with Crippen LogP contribution in [0.15, 0.2) is 36.7 Å². The molecule has 0 radical (unpaired) electrons. The molecule has 0 saturated carbocycles. The van der Waals surface area contributed by atoms with Crippen LogP contribution in [0, 0.1) is 12.8 Å². The molecular formula is C15H17ClN2O. The first-order valence-corrected chi connectivity index (χ1v) is 6.35. The van der Waals surface area contributed by atoms with Gasteiger partial charge in [0, 0.05) is 30.4 Å². The number of imidazole rings is 1. The zero-order valence-electron chi connectivity index (χ0n) is 10.9. The summed E-state index contributed by atoms with van der Waals surface area (Å²) in [7, 11) is 0. The Hall–Kier alpha value is -1.61. The van der Waals surface area contributed by atoms with Crippen LogP contribution < -0.4 is 0 Å². The zero-order valence-corrected chi connectivity index (χ0v) is 11.7. The van der Waals surface area contributed by atoms with Gasteiger partial charge in [-0.1, -0.05) is 24.3 Å². The van der Waals surface area contributed by atoms with Crippen LogP contribution in [-0.4, -0.2) is 15.3 Å². The van der Waals surface area contributed by atoms with Crippen LogP contribution in [0.3, 0.4) is 0 Å². The van der Waals surface area contributed by atoms with E-state index in [2.05, 4.69) is 15.6 Å². The Morgan fingerprint density at radius 3 is 2.89 bits per heavy atom. The number of hydrogen-bond acceptors (Lipinski definition) is 2. The van der Waals surface area contributed by atoms with Gasteiger partial charge in [0.05, 0.1) is 0 Å². The van der Waals surface area contributed by atoms with Gasteiger partial charge in [-0.15, -0.1) is 12.4 Å². The minimum absolute atomic E-state index is 0.